The van der Waals surface area contributed by atoms with Crippen molar-refractivity contribution in [3.05, 3.63) is 64.3 Å². The summed E-state index contributed by atoms with van der Waals surface area (Å²) in [5.41, 5.74) is 3.41. The van der Waals surface area contributed by atoms with E-state index in [-0.39, 0.29) is 11.8 Å². The van der Waals surface area contributed by atoms with Crippen LogP contribution in [0.2, 0.25) is 5.15 Å². The molecule has 0 saturated heterocycles. The van der Waals surface area contributed by atoms with Gasteiger partial charge in [0.1, 0.15) is 5.15 Å². The largest absolute Gasteiger partial charge is 0.356 e. The maximum absolute atomic E-state index is 12.2. The van der Waals surface area contributed by atoms with E-state index in [1.165, 1.54) is 30.0 Å². The Balaban J connectivity index is 1.58. The number of carbonyl (C=O) groups excluding carboxylic acids is 2. The summed E-state index contributed by atoms with van der Waals surface area (Å²) < 4.78 is 0. The fourth-order valence-corrected chi connectivity index (χ4v) is 3.37. The number of halogens is 1. The van der Waals surface area contributed by atoms with Gasteiger partial charge in [0.05, 0.1) is 11.3 Å². The minimum Gasteiger partial charge on any atom is -0.356 e. The highest BCUT2D eigenvalue weighted by molar-refractivity contribution is 7.14. The SMILES string of the molecule is CC(=O)NCCCc1ccc(-c2csc(NC(=O)c3ccc(Cl)nc3)n2)cc1. The quantitative estimate of drug-likeness (QED) is 0.448. The Morgan fingerprint density at radius 3 is 2.61 bits per heavy atom. The molecule has 0 aliphatic heterocycles. The molecular formula is C20H19ClN4O2S. The van der Waals surface area contributed by atoms with Crippen LogP contribution in [0.1, 0.15) is 29.3 Å². The van der Waals surface area contributed by atoms with Crippen molar-refractivity contribution in [1.29, 1.82) is 0 Å². The van der Waals surface area contributed by atoms with E-state index < -0.39 is 0 Å². The summed E-state index contributed by atoms with van der Waals surface area (Å²) in [5, 5.41) is 8.33. The molecule has 0 saturated carbocycles. The first kappa shape index (κ1) is 20.0. The molecule has 2 amide bonds. The Bertz CT molecular complexity index is 955. The first-order valence-corrected chi connectivity index (χ1v) is 9.99. The molecule has 0 aliphatic carbocycles. The van der Waals surface area contributed by atoms with Gasteiger partial charge >= 0.3 is 0 Å². The average Bonchev–Trinajstić information content (AvgIpc) is 3.14. The molecule has 0 spiro atoms. The lowest BCUT2D eigenvalue weighted by Gasteiger charge is -2.04. The van der Waals surface area contributed by atoms with Crippen LogP contribution in [0.4, 0.5) is 5.13 Å². The number of carbonyl (C=O) groups is 2. The molecular weight excluding hydrogens is 396 g/mol. The highest BCUT2D eigenvalue weighted by atomic mass is 35.5. The summed E-state index contributed by atoms with van der Waals surface area (Å²) in [6.07, 6.45) is 3.22. The summed E-state index contributed by atoms with van der Waals surface area (Å²) in [7, 11) is 0. The van der Waals surface area contributed by atoms with Gasteiger partial charge < -0.3 is 5.32 Å². The molecule has 3 rings (SSSR count). The highest BCUT2D eigenvalue weighted by Gasteiger charge is 2.10. The second-order valence-electron chi connectivity index (χ2n) is 6.15. The number of rotatable bonds is 7. The van der Waals surface area contributed by atoms with Crippen LogP contribution < -0.4 is 10.6 Å². The van der Waals surface area contributed by atoms with E-state index in [0.29, 0.717) is 22.4 Å². The van der Waals surface area contributed by atoms with Gasteiger partial charge in [0.15, 0.2) is 5.13 Å². The van der Waals surface area contributed by atoms with Crippen LogP contribution in [0.3, 0.4) is 0 Å². The van der Waals surface area contributed by atoms with Crippen LogP contribution in [0.5, 0.6) is 0 Å². The molecule has 0 aliphatic rings. The van der Waals surface area contributed by atoms with Crippen molar-refractivity contribution in [2.24, 2.45) is 0 Å². The van der Waals surface area contributed by atoms with Crippen molar-refractivity contribution in [3.8, 4) is 11.3 Å². The fraction of sp³-hybridized carbons (Fsp3) is 0.200. The molecule has 8 heteroatoms. The second-order valence-corrected chi connectivity index (χ2v) is 7.39. The van der Waals surface area contributed by atoms with Gasteiger partial charge in [0.2, 0.25) is 5.91 Å². The van der Waals surface area contributed by atoms with Gasteiger partial charge in [0, 0.05) is 30.6 Å². The molecule has 0 fully saturated rings. The van der Waals surface area contributed by atoms with E-state index in [2.05, 4.69) is 32.7 Å². The first-order chi connectivity index (χ1) is 13.5. The number of hydrogen-bond donors (Lipinski definition) is 2. The molecule has 144 valence electrons. The van der Waals surface area contributed by atoms with Crippen molar-refractivity contribution in [2.45, 2.75) is 19.8 Å². The highest BCUT2D eigenvalue weighted by Crippen LogP contribution is 2.25. The predicted octanol–water partition coefficient (Wildman–Crippen LogP) is 4.18. The molecule has 2 aromatic heterocycles. The normalized spacial score (nSPS) is 10.5. The maximum Gasteiger partial charge on any atom is 0.259 e. The Morgan fingerprint density at radius 1 is 1.14 bits per heavy atom. The minimum absolute atomic E-state index is 0.00546. The summed E-state index contributed by atoms with van der Waals surface area (Å²) in [6, 6.07) is 11.3. The number of benzene rings is 1. The van der Waals surface area contributed by atoms with Crippen molar-refractivity contribution >= 4 is 39.9 Å². The molecule has 0 radical (unpaired) electrons. The number of anilines is 1. The molecule has 6 nitrogen and oxygen atoms in total. The van der Waals surface area contributed by atoms with Gasteiger partial charge in [-0.25, -0.2) is 9.97 Å². The van der Waals surface area contributed by atoms with Crippen LogP contribution in [0.15, 0.2) is 48.0 Å². The zero-order valence-corrected chi connectivity index (χ0v) is 16.8. The number of thiazole rings is 1. The van der Waals surface area contributed by atoms with Crippen molar-refractivity contribution < 1.29 is 9.59 Å². The van der Waals surface area contributed by atoms with Gasteiger partial charge in [-0.2, -0.15) is 0 Å². The number of aryl methyl sites for hydroxylation is 1. The summed E-state index contributed by atoms with van der Waals surface area (Å²) in [6.45, 7) is 2.20. The van der Waals surface area contributed by atoms with Crippen LogP contribution in [0, 0.1) is 0 Å². The average molecular weight is 415 g/mol. The lowest BCUT2D eigenvalue weighted by Crippen LogP contribution is -2.21. The minimum atomic E-state index is -0.278. The van der Waals surface area contributed by atoms with Crippen molar-refractivity contribution in [3.63, 3.8) is 0 Å². The number of hydrogen-bond acceptors (Lipinski definition) is 5. The third kappa shape index (κ3) is 5.61. The van der Waals surface area contributed by atoms with Crippen LogP contribution >= 0.6 is 22.9 Å². The molecule has 28 heavy (non-hydrogen) atoms. The number of aromatic nitrogens is 2. The van der Waals surface area contributed by atoms with Crippen molar-refractivity contribution in [2.75, 3.05) is 11.9 Å². The lowest BCUT2D eigenvalue weighted by atomic mass is 10.1. The van der Waals surface area contributed by atoms with Crippen molar-refractivity contribution in [1.82, 2.24) is 15.3 Å². The molecule has 1 aromatic carbocycles. The fourth-order valence-electron chi connectivity index (χ4n) is 2.54. The lowest BCUT2D eigenvalue weighted by molar-refractivity contribution is -0.118. The molecule has 2 heterocycles. The molecule has 3 aromatic rings. The number of nitrogens with one attached hydrogen (secondary N) is 2. The van der Waals surface area contributed by atoms with Gasteiger partial charge in [-0.1, -0.05) is 35.9 Å². The predicted molar refractivity (Wildman–Crippen MR) is 112 cm³/mol. The molecule has 0 unspecified atom stereocenters. The smallest absolute Gasteiger partial charge is 0.259 e. The van der Waals surface area contributed by atoms with Crippen LogP contribution in [-0.4, -0.2) is 28.3 Å². The summed E-state index contributed by atoms with van der Waals surface area (Å²) in [5.74, 6) is -0.284. The van der Waals surface area contributed by atoms with Gasteiger partial charge in [-0.15, -0.1) is 11.3 Å². The monoisotopic (exact) mass is 414 g/mol. The van der Waals surface area contributed by atoms with E-state index >= 15 is 0 Å². The van der Waals surface area contributed by atoms with E-state index in [9.17, 15) is 9.59 Å². The Morgan fingerprint density at radius 2 is 1.93 bits per heavy atom. The first-order valence-electron chi connectivity index (χ1n) is 8.73. The standard InChI is InChI=1S/C20H19ClN4O2S/c1-13(26)22-10-2-3-14-4-6-15(7-5-14)17-12-28-20(24-17)25-19(27)16-8-9-18(21)23-11-16/h4-9,11-12H,2-3,10H2,1H3,(H,22,26)(H,24,25,27). The Hall–Kier alpha value is -2.77. The van der Waals surface area contributed by atoms with E-state index in [1.54, 1.807) is 12.1 Å². The van der Waals surface area contributed by atoms with Gasteiger partial charge in [-0.05, 0) is 30.5 Å². The van der Waals surface area contributed by atoms with E-state index in [4.69, 9.17) is 11.6 Å². The van der Waals surface area contributed by atoms with E-state index in [0.717, 1.165) is 24.1 Å². The molecule has 2 N–H and O–H groups in total. The maximum atomic E-state index is 12.2. The Kier molecular flexibility index (Phi) is 6.73. The zero-order valence-electron chi connectivity index (χ0n) is 15.2. The molecule has 0 bridgehead atoms. The molecule has 0 atom stereocenters. The van der Waals surface area contributed by atoms with Crippen LogP contribution in [0.25, 0.3) is 11.3 Å². The third-order valence-electron chi connectivity index (χ3n) is 3.98. The Labute approximate surface area is 172 Å². The summed E-state index contributed by atoms with van der Waals surface area (Å²) in [4.78, 5) is 31.5. The van der Waals surface area contributed by atoms with Gasteiger partial charge in [-0.3, -0.25) is 14.9 Å². The second kappa shape index (κ2) is 9.43. The number of nitrogens with zero attached hydrogens (tertiary/aromatic N) is 2. The van der Waals surface area contributed by atoms with E-state index in [1.807, 2.05) is 17.5 Å². The summed E-state index contributed by atoms with van der Waals surface area (Å²) >= 11 is 7.10. The number of amides is 2. The van der Waals surface area contributed by atoms with Gasteiger partial charge in [0.25, 0.3) is 5.91 Å². The zero-order chi connectivity index (χ0) is 19.9. The topological polar surface area (TPSA) is 84.0 Å². The number of pyridine rings is 1. The third-order valence-corrected chi connectivity index (χ3v) is 4.96. The van der Waals surface area contributed by atoms with Crippen LogP contribution in [-0.2, 0) is 11.2 Å².